The van der Waals surface area contributed by atoms with Crippen LogP contribution in [0, 0.1) is 17.5 Å². The number of halogens is 3. The number of rotatable bonds is 2. The van der Waals surface area contributed by atoms with E-state index in [-0.39, 0.29) is 11.5 Å². The van der Waals surface area contributed by atoms with Gasteiger partial charge in [0.25, 0.3) is 0 Å². The Morgan fingerprint density at radius 1 is 1.05 bits per heavy atom. The molecule has 5 heteroatoms. The Morgan fingerprint density at radius 3 is 2.21 bits per heavy atom. The van der Waals surface area contributed by atoms with Crippen LogP contribution in [0.5, 0.6) is 0 Å². The Labute approximate surface area is 109 Å². The molecule has 0 unspecified atom stereocenters. The quantitative estimate of drug-likeness (QED) is 0.596. The molecule has 1 aromatic carbocycles. The van der Waals surface area contributed by atoms with Crippen LogP contribution in [-0.4, -0.2) is 23.9 Å². The van der Waals surface area contributed by atoms with Gasteiger partial charge < -0.3 is 4.90 Å². The third-order valence-electron chi connectivity index (χ3n) is 3.09. The molecule has 1 saturated heterocycles. The fraction of sp³-hybridized carbons (Fsp3) is 0.357. The van der Waals surface area contributed by atoms with Crippen molar-refractivity contribution < 1.29 is 18.0 Å². The predicted octanol–water partition coefficient (Wildman–Crippen LogP) is 3.13. The molecule has 1 aliphatic rings. The summed E-state index contributed by atoms with van der Waals surface area (Å²) < 4.78 is 38.7. The zero-order chi connectivity index (χ0) is 13.8. The van der Waals surface area contributed by atoms with Crippen LogP contribution in [0.1, 0.15) is 24.8 Å². The van der Waals surface area contributed by atoms with E-state index in [0.29, 0.717) is 13.1 Å². The summed E-state index contributed by atoms with van der Waals surface area (Å²) in [5.41, 5.74) is 0.127. The van der Waals surface area contributed by atoms with Gasteiger partial charge in [0.15, 0.2) is 17.5 Å². The van der Waals surface area contributed by atoms with E-state index in [1.54, 1.807) is 4.90 Å². The van der Waals surface area contributed by atoms with Crippen LogP contribution in [0.4, 0.5) is 13.2 Å². The molecule has 0 atom stereocenters. The van der Waals surface area contributed by atoms with Gasteiger partial charge in [-0.3, -0.25) is 4.79 Å². The van der Waals surface area contributed by atoms with Crippen LogP contribution < -0.4 is 0 Å². The maximum absolute atomic E-state index is 13.0. The summed E-state index contributed by atoms with van der Waals surface area (Å²) in [6, 6.07) is 1.72. The fourth-order valence-corrected chi connectivity index (χ4v) is 2.06. The average Bonchev–Trinajstić information content (AvgIpc) is 2.43. The smallest absolute Gasteiger partial charge is 0.246 e. The number of carbonyl (C=O) groups excluding carboxylic acids is 1. The average molecular weight is 269 g/mol. The van der Waals surface area contributed by atoms with Gasteiger partial charge in [0.1, 0.15) is 0 Å². The molecule has 19 heavy (non-hydrogen) atoms. The SMILES string of the molecule is O=C(/C=C/c1cc(F)c(F)c(F)c1)N1CCCCC1. The highest BCUT2D eigenvalue weighted by Crippen LogP contribution is 2.15. The molecule has 1 aromatic rings. The molecule has 102 valence electrons. The Hall–Kier alpha value is -1.78. The van der Waals surface area contributed by atoms with Crippen LogP contribution in [0.2, 0.25) is 0 Å². The summed E-state index contributed by atoms with van der Waals surface area (Å²) >= 11 is 0. The number of amides is 1. The minimum absolute atomic E-state index is 0.127. The van der Waals surface area contributed by atoms with Gasteiger partial charge in [-0.05, 0) is 43.0 Å². The first-order valence-electron chi connectivity index (χ1n) is 6.19. The van der Waals surface area contributed by atoms with Crippen molar-refractivity contribution in [2.45, 2.75) is 19.3 Å². The van der Waals surface area contributed by atoms with Crippen molar-refractivity contribution in [1.29, 1.82) is 0 Å². The molecule has 2 rings (SSSR count). The third-order valence-corrected chi connectivity index (χ3v) is 3.09. The van der Waals surface area contributed by atoms with Crippen LogP contribution >= 0.6 is 0 Å². The van der Waals surface area contributed by atoms with E-state index >= 15 is 0 Å². The first-order valence-corrected chi connectivity index (χ1v) is 6.19. The molecule has 1 fully saturated rings. The number of benzene rings is 1. The fourth-order valence-electron chi connectivity index (χ4n) is 2.06. The maximum Gasteiger partial charge on any atom is 0.246 e. The monoisotopic (exact) mass is 269 g/mol. The maximum atomic E-state index is 13.0. The highest BCUT2D eigenvalue weighted by molar-refractivity contribution is 5.91. The Kier molecular flexibility index (Phi) is 4.24. The lowest BCUT2D eigenvalue weighted by molar-refractivity contribution is -0.126. The zero-order valence-corrected chi connectivity index (χ0v) is 10.3. The molecule has 0 N–H and O–H groups in total. The molecule has 2 nitrogen and oxygen atoms in total. The van der Waals surface area contributed by atoms with Gasteiger partial charge in [0.2, 0.25) is 5.91 Å². The van der Waals surface area contributed by atoms with Crippen molar-refractivity contribution in [3.05, 3.63) is 41.2 Å². The van der Waals surface area contributed by atoms with Crippen LogP contribution in [0.3, 0.4) is 0 Å². The van der Waals surface area contributed by atoms with Gasteiger partial charge in [0.05, 0.1) is 0 Å². The van der Waals surface area contributed by atoms with Crippen molar-refractivity contribution in [2.75, 3.05) is 13.1 Å². The minimum atomic E-state index is -1.50. The topological polar surface area (TPSA) is 20.3 Å². The van der Waals surface area contributed by atoms with Gasteiger partial charge in [-0.25, -0.2) is 13.2 Å². The molecular formula is C14H14F3NO. The molecule has 0 saturated carbocycles. The van der Waals surface area contributed by atoms with Gasteiger partial charge in [-0.15, -0.1) is 0 Å². The number of carbonyl (C=O) groups is 1. The van der Waals surface area contributed by atoms with E-state index in [1.807, 2.05) is 0 Å². The standard InChI is InChI=1S/C14H14F3NO/c15-11-8-10(9-12(16)14(11)17)4-5-13(19)18-6-2-1-3-7-18/h4-5,8-9H,1-3,6-7H2/b5-4+. The summed E-state index contributed by atoms with van der Waals surface area (Å²) in [5.74, 6) is -4.21. The van der Waals surface area contributed by atoms with Crippen molar-refractivity contribution in [1.82, 2.24) is 4.90 Å². The first-order chi connectivity index (χ1) is 9.08. The first kappa shape index (κ1) is 13.6. The second-order valence-electron chi connectivity index (χ2n) is 4.52. The lowest BCUT2D eigenvalue weighted by Gasteiger charge is -2.25. The van der Waals surface area contributed by atoms with Crippen molar-refractivity contribution in [3.63, 3.8) is 0 Å². The van der Waals surface area contributed by atoms with Gasteiger partial charge in [0, 0.05) is 19.2 Å². The number of likely N-dealkylation sites (tertiary alicyclic amines) is 1. The molecule has 1 aliphatic heterocycles. The van der Waals surface area contributed by atoms with Crippen LogP contribution in [0.15, 0.2) is 18.2 Å². The number of hydrogen-bond donors (Lipinski definition) is 0. The summed E-state index contributed by atoms with van der Waals surface area (Å²) in [6.45, 7) is 1.41. The highest BCUT2D eigenvalue weighted by atomic mass is 19.2. The summed E-state index contributed by atoms with van der Waals surface area (Å²) in [5, 5.41) is 0. The molecule has 0 aliphatic carbocycles. The van der Waals surface area contributed by atoms with Gasteiger partial charge >= 0.3 is 0 Å². The molecule has 0 spiro atoms. The number of piperidine rings is 1. The molecule has 1 amide bonds. The summed E-state index contributed by atoms with van der Waals surface area (Å²) in [4.78, 5) is 13.5. The van der Waals surface area contributed by atoms with Gasteiger partial charge in [-0.2, -0.15) is 0 Å². The van der Waals surface area contributed by atoms with E-state index in [2.05, 4.69) is 0 Å². The van der Waals surface area contributed by atoms with Crippen molar-refractivity contribution in [2.24, 2.45) is 0 Å². The molecular weight excluding hydrogens is 255 g/mol. The van der Waals surface area contributed by atoms with E-state index in [9.17, 15) is 18.0 Å². The molecule has 0 aromatic heterocycles. The molecule has 0 bridgehead atoms. The second-order valence-corrected chi connectivity index (χ2v) is 4.52. The lowest BCUT2D eigenvalue weighted by atomic mass is 10.1. The summed E-state index contributed by atoms with van der Waals surface area (Å²) in [6.07, 6.45) is 5.61. The highest BCUT2D eigenvalue weighted by Gasteiger charge is 2.14. The largest absolute Gasteiger partial charge is 0.339 e. The minimum Gasteiger partial charge on any atom is -0.339 e. The summed E-state index contributed by atoms with van der Waals surface area (Å²) in [7, 11) is 0. The van der Waals surface area contributed by atoms with E-state index in [1.165, 1.54) is 12.2 Å². The van der Waals surface area contributed by atoms with E-state index in [4.69, 9.17) is 0 Å². The van der Waals surface area contributed by atoms with Crippen molar-refractivity contribution in [3.8, 4) is 0 Å². The lowest BCUT2D eigenvalue weighted by Crippen LogP contribution is -2.34. The normalized spacial score (nSPS) is 16.1. The van der Waals surface area contributed by atoms with E-state index in [0.717, 1.165) is 31.4 Å². The Bertz CT molecular complexity index is 484. The van der Waals surface area contributed by atoms with Gasteiger partial charge in [-0.1, -0.05) is 0 Å². The number of hydrogen-bond acceptors (Lipinski definition) is 1. The molecule has 0 radical (unpaired) electrons. The van der Waals surface area contributed by atoms with E-state index < -0.39 is 17.5 Å². The van der Waals surface area contributed by atoms with Crippen molar-refractivity contribution >= 4 is 12.0 Å². The molecule has 1 heterocycles. The van der Waals surface area contributed by atoms with Crippen LogP contribution in [0.25, 0.3) is 6.08 Å². The predicted molar refractivity (Wildman–Crippen MR) is 65.8 cm³/mol. The zero-order valence-electron chi connectivity index (χ0n) is 10.3. The third kappa shape index (κ3) is 3.36. The Morgan fingerprint density at radius 2 is 1.63 bits per heavy atom. The Balaban J connectivity index is 2.07. The van der Waals surface area contributed by atoms with Crippen LogP contribution in [-0.2, 0) is 4.79 Å². The number of nitrogens with zero attached hydrogens (tertiary/aromatic N) is 1. The second kappa shape index (κ2) is 5.91.